The van der Waals surface area contributed by atoms with Crippen LogP contribution < -0.4 is 5.32 Å². The van der Waals surface area contributed by atoms with Gasteiger partial charge in [0.15, 0.2) is 0 Å². The molecule has 0 heterocycles. The number of aliphatic hydroxyl groups is 1. The quantitative estimate of drug-likeness (QED) is 0.528. The van der Waals surface area contributed by atoms with E-state index in [-0.39, 0.29) is 0 Å². The summed E-state index contributed by atoms with van der Waals surface area (Å²) in [6, 6.07) is 0.301. The Kier molecular flexibility index (Phi) is 4.67. The summed E-state index contributed by atoms with van der Waals surface area (Å²) in [6.07, 6.45) is -0.532. The molecule has 0 amide bonds. The van der Waals surface area contributed by atoms with Crippen LogP contribution in [0.15, 0.2) is 0 Å². The fraction of sp³-hybridized carbons (Fsp3) is 1.00. The summed E-state index contributed by atoms with van der Waals surface area (Å²) in [5.41, 5.74) is 0. The van der Waals surface area contributed by atoms with Crippen molar-refractivity contribution in [3.63, 3.8) is 0 Å². The normalized spacial score (nSPS) is 14.3. The number of methoxy groups -OCH3 is 1. The van der Waals surface area contributed by atoms with E-state index in [1.165, 1.54) is 0 Å². The standard InChI is InChI=1S/C6H15NO2/c1-5(2)7-6(8)4-9-3/h5-8H,4H2,1-3H3. The van der Waals surface area contributed by atoms with Gasteiger partial charge in [0.1, 0.15) is 6.23 Å². The Hall–Kier alpha value is -0.120. The van der Waals surface area contributed by atoms with Gasteiger partial charge in [-0.15, -0.1) is 0 Å². The van der Waals surface area contributed by atoms with Crippen LogP contribution in [-0.4, -0.2) is 31.1 Å². The summed E-state index contributed by atoms with van der Waals surface area (Å²) in [5, 5.41) is 11.9. The number of ether oxygens (including phenoxy) is 1. The molecule has 1 atom stereocenters. The number of rotatable bonds is 4. The van der Waals surface area contributed by atoms with Crippen molar-refractivity contribution in [1.82, 2.24) is 5.32 Å². The van der Waals surface area contributed by atoms with E-state index in [0.29, 0.717) is 12.6 Å². The molecule has 0 aromatic carbocycles. The van der Waals surface area contributed by atoms with Crippen LogP contribution in [0, 0.1) is 0 Å². The molecule has 0 aliphatic rings. The highest BCUT2D eigenvalue weighted by Gasteiger charge is 2.02. The van der Waals surface area contributed by atoms with Crippen molar-refractivity contribution in [3.8, 4) is 0 Å². The zero-order valence-electron chi connectivity index (χ0n) is 6.22. The Bertz CT molecular complexity index is 66.1. The van der Waals surface area contributed by atoms with Crippen molar-refractivity contribution in [1.29, 1.82) is 0 Å². The summed E-state index contributed by atoms with van der Waals surface area (Å²) in [6.45, 7) is 4.29. The van der Waals surface area contributed by atoms with Crippen LogP contribution in [0.4, 0.5) is 0 Å². The second-order valence-corrected chi connectivity index (χ2v) is 2.29. The third-order valence-corrected chi connectivity index (χ3v) is 0.850. The second-order valence-electron chi connectivity index (χ2n) is 2.29. The zero-order valence-corrected chi connectivity index (χ0v) is 6.22. The van der Waals surface area contributed by atoms with Gasteiger partial charge in [-0.1, -0.05) is 0 Å². The zero-order chi connectivity index (χ0) is 7.28. The molecule has 3 nitrogen and oxygen atoms in total. The SMILES string of the molecule is COCC(O)NC(C)C. The lowest BCUT2D eigenvalue weighted by Gasteiger charge is -2.13. The number of hydrogen-bond acceptors (Lipinski definition) is 3. The average molecular weight is 133 g/mol. The van der Waals surface area contributed by atoms with Gasteiger partial charge in [-0.3, -0.25) is 5.32 Å². The molecule has 0 radical (unpaired) electrons. The molecule has 1 unspecified atom stereocenters. The molecule has 0 aliphatic heterocycles. The van der Waals surface area contributed by atoms with Gasteiger partial charge in [-0.05, 0) is 13.8 Å². The summed E-state index contributed by atoms with van der Waals surface area (Å²) in [4.78, 5) is 0. The van der Waals surface area contributed by atoms with E-state index >= 15 is 0 Å². The van der Waals surface area contributed by atoms with Gasteiger partial charge in [0, 0.05) is 13.2 Å². The van der Waals surface area contributed by atoms with E-state index in [9.17, 15) is 0 Å². The van der Waals surface area contributed by atoms with Crippen LogP contribution in [-0.2, 0) is 4.74 Å². The van der Waals surface area contributed by atoms with Crippen LogP contribution in [0.1, 0.15) is 13.8 Å². The fourth-order valence-electron chi connectivity index (χ4n) is 0.591. The Balaban J connectivity index is 3.15. The smallest absolute Gasteiger partial charge is 0.128 e. The molecule has 2 N–H and O–H groups in total. The molecule has 0 saturated heterocycles. The van der Waals surface area contributed by atoms with Crippen LogP contribution in [0.25, 0.3) is 0 Å². The molecule has 0 aliphatic carbocycles. The predicted molar refractivity (Wildman–Crippen MR) is 36.2 cm³/mol. The van der Waals surface area contributed by atoms with E-state index in [2.05, 4.69) is 5.32 Å². The second kappa shape index (κ2) is 4.73. The minimum atomic E-state index is -0.532. The van der Waals surface area contributed by atoms with Crippen molar-refractivity contribution in [3.05, 3.63) is 0 Å². The van der Waals surface area contributed by atoms with Crippen molar-refractivity contribution in [2.45, 2.75) is 26.1 Å². The first kappa shape index (κ1) is 8.88. The van der Waals surface area contributed by atoms with Gasteiger partial charge in [0.2, 0.25) is 0 Å². The lowest BCUT2D eigenvalue weighted by molar-refractivity contribution is 0.0372. The van der Waals surface area contributed by atoms with Gasteiger partial charge in [0.05, 0.1) is 6.61 Å². The molecule has 0 rings (SSSR count). The minimum absolute atomic E-state index is 0.301. The molecular weight excluding hydrogens is 118 g/mol. The maximum Gasteiger partial charge on any atom is 0.128 e. The number of nitrogens with one attached hydrogen (secondary N) is 1. The monoisotopic (exact) mass is 133 g/mol. The molecule has 9 heavy (non-hydrogen) atoms. The highest BCUT2D eigenvalue weighted by atomic mass is 16.5. The Morgan fingerprint density at radius 2 is 2.11 bits per heavy atom. The molecule has 0 fully saturated rings. The van der Waals surface area contributed by atoms with Gasteiger partial charge in [-0.25, -0.2) is 0 Å². The largest absolute Gasteiger partial charge is 0.381 e. The van der Waals surface area contributed by atoms with E-state index in [1.807, 2.05) is 13.8 Å². The van der Waals surface area contributed by atoms with Gasteiger partial charge in [-0.2, -0.15) is 0 Å². The highest BCUT2D eigenvalue weighted by Crippen LogP contribution is 1.82. The third-order valence-electron chi connectivity index (χ3n) is 0.850. The first-order chi connectivity index (χ1) is 4.16. The average Bonchev–Trinajstić information content (AvgIpc) is 1.63. The first-order valence-corrected chi connectivity index (χ1v) is 3.10. The molecule has 0 aromatic heterocycles. The lowest BCUT2D eigenvalue weighted by atomic mass is 10.4. The van der Waals surface area contributed by atoms with E-state index in [1.54, 1.807) is 7.11 Å². The molecule has 0 bridgehead atoms. The summed E-state index contributed by atoms with van der Waals surface area (Å²) < 4.78 is 4.69. The van der Waals surface area contributed by atoms with Crippen molar-refractivity contribution in [2.75, 3.05) is 13.7 Å². The van der Waals surface area contributed by atoms with Crippen LogP contribution in [0.5, 0.6) is 0 Å². The lowest BCUT2D eigenvalue weighted by Crippen LogP contribution is -2.37. The first-order valence-electron chi connectivity index (χ1n) is 3.10. The fourth-order valence-corrected chi connectivity index (χ4v) is 0.591. The summed E-state index contributed by atoms with van der Waals surface area (Å²) >= 11 is 0. The topological polar surface area (TPSA) is 41.5 Å². The molecule has 3 heteroatoms. The van der Waals surface area contributed by atoms with Crippen molar-refractivity contribution >= 4 is 0 Å². The summed E-state index contributed by atoms with van der Waals surface area (Å²) in [5.74, 6) is 0. The molecule has 0 aromatic rings. The Morgan fingerprint density at radius 1 is 1.56 bits per heavy atom. The van der Waals surface area contributed by atoms with Crippen LogP contribution in [0.2, 0.25) is 0 Å². The maximum atomic E-state index is 8.98. The van der Waals surface area contributed by atoms with Crippen molar-refractivity contribution < 1.29 is 9.84 Å². The maximum absolute atomic E-state index is 8.98. The van der Waals surface area contributed by atoms with Crippen molar-refractivity contribution in [2.24, 2.45) is 0 Å². The Labute approximate surface area is 56.0 Å². The third kappa shape index (κ3) is 5.76. The van der Waals surface area contributed by atoms with E-state index < -0.39 is 6.23 Å². The van der Waals surface area contributed by atoms with E-state index in [4.69, 9.17) is 9.84 Å². The van der Waals surface area contributed by atoms with Crippen LogP contribution >= 0.6 is 0 Å². The van der Waals surface area contributed by atoms with Gasteiger partial charge >= 0.3 is 0 Å². The highest BCUT2D eigenvalue weighted by molar-refractivity contribution is 4.55. The van der Waals surface area contributed by atoms with Crippen LogP contribution in [0.3, 0.4) is 0 Å². The molecule has 56 valence electrons. The van der Waals surface area contributed by atoms with Gasteiger partial charge < -0.3 is 9.84 Å². The minimum Gasteiger partial charge on any atom is -0.381 e. The summed E-state index contributed by atoms with van der Waals surface area (Å²) in [7, 11) is 1.56. The predicted octanol–water partition coefficient (Wildman–Crippen LogP) is -0.0508. The number of hydrogen-bond donors (Lipinski definition) is 2. The molecular formula is C6H15NO2. The molecule has 0 saturated carbocycles. The molecule has 0 spiro atoms. The van der Waals surface area contributed by atoms with Gasteiger partial charge in [0.25, 0.3) is 0 Å². The van der Waals surface area contributed by atoms with E-state index in [0.717, 1.165) is 0 Å². The Morgan fingerprint density at radius 3 is 2.44 bits per heavy atom. The number of aliphatic hydroxyl groups excluding tert-OH is 1.